The maximum Gasteiger partial charge on any atom is 0.251 e. The van der Waals surface area contributed by atoms with Gasteiger partial charge in [-0.15, -0.1) is 0 Å². The summed E-state index contributed by atoms with van der Waals surface area (Å²) in [6.45, 7) is 2.69. The van der Waals surface area contributed by atoms with E-state index in [1.807, 2.05) is 6.07 Å². The van der Waals surface area contributed by atoms with Crippen LogP contribution in [0, 0.1) is 0 Å². The molecule has 3 nitrogen and oxygen atoms in total. The molecular weight excluding hydrogens is 176 g/mol. The first-order valence-corrected chi connectivity index (χ1v) is 4.99. The summed E-state index contributed by atoms with van der Waals surface area (Å²) >= 11 is 0. The maximum absolute atomic E-state index is 11.4. The van der Waals surface area contributed by atoms with Crippen molar-refractivity contribution < 1.29 is 4.79 Å². The Morgan fingerprint density at radius 1 is 1.14 bits per heavy atom. The van der Waals surface area contributed by atoms with Crippen LogP contribution in [0.3, 0.4) is 0 Å². The van der Waals surface area contributed by atoms with E-state index < -0.39 is 0 Å². The number of carbonyl (C=O) groups excluding carboxylic acids is 1. The minimum absolute atomic E-state index is 0.0846. The van der Waals surface area contributed by atoms with E-state index in [2.05, 4.69) is 16.7 Å². The largest absolute Gasteiger partial charge is 0.348 e. The van der Waals surface area contributed by atoms with Crippen molar-refractivity contribution in [2.75, 3.05) is 6.54 Å². The lowest BCUT2D eigenvalue weighted by molar-refractivity contribution is 0.0966. The van der Waals surface area contributed by atoms with Crippen molar-refractivity contribution in [2.24, 2.45) is 0 Å². The molecule has 3 heteroatoms. The van der Waals surface area contributed by atoms with Crippen LogP contribution >= 0.6 is 0 Å². The van der Waals surface area contributed by atoms with Crippen LogP contribution in [0.5, 0.6) is 0 Å². The Morgan fingerprint density at radius 2 is 2.07 bits per heavy atom. The third-order valence-electron chi connectivity index (χ3n) is 3.07. The lowest BCUT2D eigenvalue weighted by Gasteiger charge is -2.19. The quantitative estimate of drug-likeness (QED) is 0.625. The molecule has 0 atom stereocenters. The molecule has 3 rings (SSSR count). The molecule has 0 radical (unpaired) electrons. The van der Waals surface area contributed by atoms with Crippen molar-refractivity contribution >= 4 is 5.91 Å². The molecule has 2 aliphatic heterocycles. The van der Waals surface area contributed by atoms with Crippen LogP contribution in [-0.4, -0.2) is 12.5 Å². The minimum Gasteiger partial charge on any atom is -0.348 e. The van der Waals surface area contributed by atoms with Crippen molar-refractivity contribution in [2.45, 2.75) is 19.5 Å². The molecule has 0 aliphatic carbocycles. The van der Waals surface area contributed by atoms with Gasteiger partial charge in [0.1, 0.15) is 0 Å². The molecule has 1 amide bonds. The van der Waals surface area contributed by atoms with Crippen LogP contribution in [0.25, 0.3) is 0 Å². The van der Waals surface area contributed by atoms with Gasteiger partial charge in [0.25, 0.3) is 5.91 Å². The average Bonchev–Trinajstić information content (AvgIpc) is 2.61. The second-order valence-electron chi connectivity index (χ2n) is 3.84. The van der Waals surface area contributed by atoms with Gasteiger partial charge in [-0.25, -0.2) is 0 Å². The summed E-state index contributed by atoms with van der Waals surface area (Å²) < 4.78 is 0. The van der Waals surface area contributed by atoms with Crippen LogP contribution in [0.15, 0.2) is 12.1 Å². The van der Waals surface area contributed by atoms with Gasteiger partial charge in [0.15, 0.2) is 0 Å². The highest BCUT2D eigenvalue weighted by atomic mass is 16.1. The number of rotatable bonds is 0. The molecular formula is C11H12N2O. The molecule has 14 heavy (non-hydrogen) atoms. The number of hydrogen-bond acceptors (Lipinski definition) is 2. The van der Waals surface area contributed by atoms with Gasteiger partial charge in [-0.05, 0) is 35.7 Å². The fraction of sp³-hybridized carbons (Fsp3) is 0.364. The Kier molecular flexibility index (Phi) is 1.61. The van der Waals surface area contributed by atoms with Gasteiger partial charge in [-0.3, -0.25) is 4.79 Å². The molecule has 0 fully saturated rings. The van der Waals surface area contributed by atoms with Gasteiger partial charge < -0.3 is 10.6 Å². The highest BCUT2D eigenvalue weighted by molar-refractivity contribution is 5.98. The van der Waals surface area contributed by atoms with Crippen LogP contribution in [-0.2, 0) is 19.5 Å². The highest BCUT2D eigenvalue weighted by Gasteiger charge is 2.24. The first-order valence-electron chi connectivity index (χ1n) is 4.99. The zero-order valence-corrected chi connectivity index (χ0v) is 7.89. The molecule has 0 aromatic heterocycles. The third kappa shape index (κ3) is 0.990. The van der Waals surface area contributed by atoms with E-state index in [1.54, 1.807) is 0 Å². The van der Waals surface area contributed by atoms with Crippen LogP contribution in [0.4, 0.5) is 0 Å². The van der Waals surface area contributed by atoms with Crippen LogP contribution < -0.4 is 10.6 Å². The molecule has 2 aliphatic rings. The van der Waals surface area contributed by atoms with Gasteiger partial charge in [0.05, 0.1) is 0 Å². The van der Waals surface area contributed by atoms with Crippen LogP contribution in [0.2, 0.25) is 0 Å². The smallest absolute Gasteiger partial charge is 0.251 e. The van der Waals surface area contributed by atoms with E-state index in [0.29, 0.717) is 0 Å². The zero-order valence-electron chi connectivity index (χ0n) is 7.89. The molecule has 0 saturated heterocycles. The maximum atomic E-state index is 11.4. The molecule has 1 aromatic rings. The number of benzene rings is 1. The summed E-state index contributed by atoms with van der Waals surface area (Å²) in [6.07, 6.45) is 1.05. The van der Waals surface area contributed by atoms with Gasteiger partial charge in [-0.2, -0.15) is 0 Å². The molecule has 72 valence electrons. The van der Waals surface area contributed by atoms with E-state index in [4.69, 9.17) is 0 Å². The molecule has 1 aromatic carbocycles. The molecule has 2 heterocycles. The lowest BCUT2D eigenvalue weighted by Crippen LogP contribution is -2.24. The van der Waals surface area contributed by atoms with Gasteiger partial charge in [0, 0.05) is 18.7 Å². The Labute approximate surface area is 82.5 Å². The second kappa shape index (κ2) is 2.82. The van der Waals surface area contributed by atoms with E-state index in [1.165, 1.54) is 16.7 Å². The first kappa shape index (κ1) is 8.00. The van der Waals surface area contributed by atoms with Gasteiger partial charge in [0.2, 0.25) is 0 Å². The SMILES string of the molecule is O=C1NCc2c1ccc1c2CCNC1. The Bertz CT molecular complexity index is 412. The first-order chi connectivity index (χ1) is 6.86. The van der Waals surface area contributed by atoms with E-state index in [-0.39, 0.29) is 5.91 Å². The standard InChI is InChI=1S/C11H12N2O/c14-11-9-2-1-7-5-12-4-3-8(7)10(9)6-13-11/h1-2,12H,3-6H2,(H,13,14). The van der Waals surface area contributed by atoms with Crippen molar-refractivity contribution in [3.8, 4) is 0 Å². The summed E-state index contributed by atoms with van der Waals surface area (Å²) in [7, 11) is 0. The monoisotopic (exact) mass is 188 g/mol. The number of nitrogens with one attached hydrogen (secondary N) is 2. The minimum atomic E-state index is 0.0846. The molecule has 2 N–H and O–H groups in total. The van der Waals surface area contributed by atoms with Crippen molar-refractivity contribution in [3.05, 3.63) is 34.4 Å². The third-order valence-corrected chi connectivity index (χ3v) is 3.07. The zero-order chi connectivity index (χ0) is 9.54. The fourth-order valence-electron chi connectivity index (χ4n) is 2.33. The summed E-state index contributed by atoms with van der Waals surface area (Å²) in [6, 6.07) is 4.02. The van der Waals surface area contributed by atoms with E-state index >= 15 is 0 Å². The number of hydrogen-bond donors (Lipinski definition) is 2. The summed E-state index contributed by atoms with van der Waals surface area (Å²) in [5, 5.41) is 6.21. The van der Waals surface area contributed by atoms with Crippen molar-refractivity contribution in [1.29, 1.82) is 0 Å². The number of carbonyl (C=O) groups is 1. The second-order valence-corrected chi connectivity index (χ2v) is 3.84. The normalized spacial score (nSPS) is 18.7. The summed E-state index contributed by atoms with van der Waals surface area (Å²) in [5.74, 6) is 0.0846. The highest BCUT2D eigenvalue weighted by Crippen LogP contribution is 2.25. The van der Waals surface area contributed by atoms with E-state index in [0.717, 1.165) is 31.6 Å². The van der Waals surface area contributed by atoms with Gasteiger partial charge >= 0.3 is 0 Å². The summed E-state index contributed by atoms with van der Waals surface area (Å²) in [5.41, 5.74) is 4.85. The predicted octanol–water partition coefficient (Wildman–Crippen LogP) is 0.576. The Balaban J connectivity index is 2.20. The number of amides is 1. The molecule has 0 bridgehead atoms. The number of fused-ring (bicyclic) bond motifs is 3. The van der Waals surface area contributed by atoms with Gasteiger partial charge in [-0.1, -0.05) is 6.07 Å². The topological polar surface area (TPSA) is 41.1 Å². The fourth-order valence-corrected chi connectivity index (χ4v) is 2.33. The predicted molar refractivity (Wildman–Crippen MR) is 53.0 cm³/mol. The van der Waals surface area contributed by atoms with Crippen molar-refractivity contribution in [3.63, 3.8) is 0 Å². The lowest BCUT2D eigenvalue weighted by atomic mass is 9.93. The van der Waals surface area contributed by atoms with Crippen molar-refractivity contribution in [1.82, 2.24) is 10.6 Å². The summed E-state index contributed by atoms with van der Waals surface area (Å²) in [4.78, 5) is 11.4. The Hall–Kier alpha value is -1.35. The molecule has 0 unspecified atom stereocenters. The Morgan fingerprint density at radius 3 is 3.00 bits per heavy atom. The molecule has 0 spiro atoms. The average molecular weight is 188 g/mol. The van der Waals surface area contributed by atoms with Crippen LogP contribution in [0.1, 0.15) is 27.0 Å². The molecule has 0 saturated carbocycles. The van der Waals surface area contributed by atoms with E-state index in [9.17, 15) is 4.79 Å².